The molecule has 0 aliphatic rings. The van der Waals surface area contributed by atoms with Gasteiger partial charge in [0.1, 0.15) is 23.0 Å². The number of nitrogens with zero attached hydrogens (tertiary/aromatic N) is 1. The zero-order chi connectivity index (χ0) is 22.1. The standard InChI is InChI=1S/C22H17F2N3O3S/c1-11-15-9-13(23)7-8-18(15)30-19(11)12(2)25-20(28)21(29)27-22-26-17(10-31-22)14-5-3-4-6-16(14)24/h3-10,12H,1-2H3,(H,25,28)(H,26,27,29). The fraction of sp³-hybridized carbons (Fsp3) is 0.136. The summed E-state index contributed by atoms with van der Waals surface area (Å²) in [7, 11) is 0. The highest BCUT2D eigenvalue weighted by Gasteiger charge is 2.23. The number of furan rings is 1. The predicted octanol–water partition coefficient (Wildman–Crippen LogP) is 4.96. The molecule has 2 amide bonds. The maximum absolute atomic E-state index is 13.9. The summed E-state index contributed by atoms with van der Waals surface area (Å²) in [6.07, 6.45) is 0. The van der Waals surface area contributed by atoms with Crippen LogP contribution in [-0.4, -0.2) is 16.8 Å². The lowest BCUT2D eigenvalue weighted by Crippen LogP contribution is -2.36. The Hall–Kier alpha value is -3.59. The van der Waals surface area contributed by atoms with Crippen molar-refractivity contribution in [2.45, 2.75) is 19.9 Å². The molecule has 0 aliphatic carbocycles. The van der Waals surface area contributed by atoms with E-state index in [2.05, 4.69) is 15.6 Å². The van der Waals surface area contributed by atoms with Crippen LogP contribution in [0.2, 0.25) is 0 Å². The van der Waals surface area contributed by atoms with Crippen LogP contribution in [0.5, 0.6) is 0 Å². The number of carbonyl (C=O) groups excluding carboxylic acids is 2. The molecule has 2 aromatic carbocycles. The van der Waals surface area contributed by atoms with E-state index in [4.69, 9.17) is 4.42 Å². The first kappa shape index (κ1) is 20.7. The Kier molecular flexibility index (Phi) is 5.51. The average molecular weight is 441 g/mol. The molecule has 0 aliphatic heterocycles. The van der Waals surface area contributed by atoms with Crippen LogP contribution in [0.4, 0.5) is 13.9 Å². The number of hydrogen-bond acceptors (Lipinski definition) is 5. The Morgan fingerprint density at radius 2 is 1.90 bits per heavy atom. The fourth-order valence-electron chi connectivity index (χ4n) is 3.23. The van der Waals surface area contributed by atoms with Crippen LogP contribution in [0.15, 0.2) is 52.3 Å². The van der Waals surface area contributed by atoms with Crippen LogP contribution in [-0.2, 0) is 9.59 Å². The summed E-state index contributed by atoms with van der Waals surface area (Å²) in [5.74, 6) is -2.20. The second-order valence-corrected chi connectivity index (χ2v) is 7.76. The van der Waals surface area contributed by atoms with Gasteiger partial charge in [0, 0.05) is 21.9 Å². The van der Waals surface area contributed by atoms with Crippen molar-refractivity contribution in [3.8, 4) is 11.3 Å². The van der Waals surface area contributed by atoms with Crippen molar-refractivity contribution in [3.63, 3.8) is 0 Å². The highest BCUT2D eigenvalue weighted by atomic mass is 32.1. The Bertz CT molecular complexity index is 1300. The summed E-state index contributed by atoms with van der Waals surface area (Å²) in [5.41, 5.74) is 1.83. The summed E-state index contributed by atoms with van der Waals surface area (Å²) < 4.78 is 33.1. The molecule has 6 nitrogen and oxygen atoms in total. The smallest absolute Gasteiger partial charge is 0.315 e. The quantitative estimate of drug-likeness (QED) is 0.439. The first-order valence-electron chi connectivity index (χ1n) is 9.34. The number of rotatable bonds is 4. The van der Waals surface area contributed by atoms with Gasteiger partial charge < -0.3 is 9.73 Å². The van der Waals surface area contributed by atoms with Gasteiger partial charge in [0.25, 0.3) is 0 Å². The van der Waals surface area contributed by atoms with E-state index in [-0.39, 0.29) is 5.13 Å². The number of amides is 2. The molecule has 2 N–H and O–H groups in total. The molecule has 0 spiro atoms. The van der Waals surface area contributed by atoms with Crippen LogP contribution >= 0.6 is 11.3 Å². The van der Waals surface area contributed by atoms with Crippen LogP contribution in [0.3, 0.4) is 0 Å². The Balaban J connectivity index is 1.44. The summed E-state index contributed by atoms with van der Waals surface area (Å²) in [6.45, 7) is 3.41. The number of benzene rings is 2. The maximum Gasteiger partial charge on any atom is 0.315 e. The van der Waals surface area contributed by atoms with Gasteiger partial charge in [0.05, 0.1) is 11.7 Å². The molecule has 158 valence electrons. The van der Waals surface area contributed by atoms with Crippen molar-refractivity contribution in [2.24, 2.45) is 0 Å². The summed E-state index contributed by atoms with van der Waals surface area (Å²) in [6, 6.07) is 9.67. The predicted molar refractivity (Wildman–Crippen MR) is 114 cm³/mol. The molecule has 4 aromatic rings. The van der Waals surface area contributed by atoms with Gasteiger partial charge >= 0.3 is 11.8 Å². The summed E-state index contributed by atoms with van der Waals surface area (Å²) >= 11 is 1.08. The summed E-state index contributed by atoms with van der Waals surface area (Å²) in [4.78, 5) is 28.8. The number of halogens is 2. The van der Waals surface area contributed by atoms with E-state index < -0.39 is 29.5 Å². The molecular weight excluding hydrogens is 424 g/mol. The number of fused-ring (bicyclic) bond motifs is 1. The van der Waals surface area contributed by atoms with E-state index in [0.29, 0.717) is 33.6 Å². The van der Waals surface area contributed by atoms with Gasteiger partial charge in [-0.05, 0) is 44.2 Å². The molecular formula is C22H17F2N3O3S. The lowest BCUT2D eigenvalue weighted by molar-refractivity contribution is -0.136. The third-order valence-corrected chi connectivity index (χ3v) is 5.51. The number of hydrogen-bond donors (Lipinski definition) is 2. The summed E-state index contributed by atoms with van der Waals surface area (Å²) in [5, 5.41) is 7.33. The Morgan fingerprint density at radius 3 is 2.68 bits per heavy atom. The van der Waals surface area contributed by atoms with Gasteiger partial charge in [0.2, 0.25) is 0 Å². The third kappa shape index (κ3) is 4.17. The van der Waals surface area contributed by atoms with E-state index in [0.717, 1.165) is 11.3 Å². The normalized spacial score (nSPS) is 12.0. The molecule has 0 saturated heterocycles. The van der Waals surface area contributed by atoms with Crippen molar-refractivity contribution in [1.29, 1.82) is 0 Å². The van der Waals surface area contributed by atoms with E-state index in [1.807, 2.05) is 0 Å². The van der Waals surface area contributed by atoms with Crippen LogP contribution in [0.1, 0.15) is 24.3 Å². The average Bonchev–Trinajstić information content (AvgIpc) is 3.33. The number of aryl methyl sites for hydroxylation is 1. The molecule has 9 heteroatoms. The van der Waals surface area contributed by atoms with Crippen molar-refractivity contribution in [2.75, 3.05) is 5.32 Å². The Labute approximate surface area is 179 Å². The molecule has 0 saturated carbocycles. The molecule has 1 atom stereocenters. The van der Waals surface area contributed by atoms with Gasteiger partial charge in [-0.3, -0.25) is 14.9 Å². The minimum absolute atomic E-state index is 0.168. The fourth-order valence-corrected chi connectivity index (χ4v) is 3.94. The van der Waals surface area contributed by atoms with Gasteiger partial charge in [-0.1, -0.05) is 12.1 Å². The van der Waals surface area contributed by atoms with Crippen LogP contribution < -0.4 is 10.6 Å². The number of anilines is 1. The molecule has 2 aromatic heterocycles. The van der Waals surface area contributed by atoms with E-state index in [1.165, 1.54) is 24.3 Å². The van der Waals surface area contributed by atoms with E-state index >= 15 is 0 Å². The van der Waals surface area contributed by atoms with Crippen molar-refractivity contribution < 1.29 is 22.8 Å². The maximum atomic E-state index is 13.9. The first-order valence-corrected chi connectivity index (χ1v) is 10.2. The molecule has 31 heavy (non-hydrogen) atoms. The van der Waals surface area contributed by atoms with Gasteiger partial charge in [-0.25, -0.2) is 13.8 Å². The monoisotopic (exact) mass is 441 g/mol. The lowest BCUT2D eigenvalue weighted by atomic mass is 10.1. The molecule has 4 rings (SSSR count). The molecule has 1 unspecified atom stereocenters. The minimum atomic E-state index is -0.916. The number of thiazole rings is 1. The second kappa shape index (κ2) is 8.27. The van der Waals surface area contributed by atoms with Crippen LogP contribution in [0.25, 0.3) is 22.2 Å². The minimum Gasteiger partial charge on any atom is -0.459 e. The van der Waals surface area contributed by atoms with Crippen molar-refractivity contribution in [1.82, 2.24) is 10.3 Å². The molecule has 0 bridgehead atoms. The Morgan fingerprint density at radius 1 is 1.13 bits per heavy atom. The van der Waals surface area contributed by atoms with E-state index in [9.17, 15) is 18.4 Å². The highest BCUT2D eigenvalue weighted by molar-refractivity contribution is 7.14. The topological polar surface area (TPSA) is 84.2 Å². The highest BCUT2D eigenvalue weighted by Crippen LogP contribution is 2.30. The number of nitrogens with one attached hydrogen (secondary N) is 2. The molecule has 0 radical (unpaired) electrons. The molecule has 0 fully saturated rings. The van der Waals surface area contributed by atoms with Gasteiger partial charge in [0.15, 0.2) is 5.13 Å². The zero-order valence-corrected chi connectivity index (χ0v) is 17.3. The largest absolute Gasteiger partial charge is 0.459 e. The second-order valence-electron chi connectivity index (χ2n) is 6.90. The van der Waals surface area contributed by atoms with Crippen molar-refractivity contribution in [3.05, 3.63) is 70.8 Å². The number of aromatic nitrogens is 1. The zero-order valence-electron chi connectivity index (χ0n) is 16.5. The number of carbonyl (C=O) groups is 2. The van der Waals surface area contributed by atoms with Gasteiger partial charge in [-0.2, -0.15) is 0 Å². The first-order chi connectivity index (χ1) is 14.8. The SMILES string of the molecule is Cc1c(C(C)NC(=O)C(=O)Nc2nc(-c3ccccc3F)cs2)oc2ccc(F)cc12. The van der Waals surface area contributed by atoms with Crippen molar-refractivity contribution >= 4 is 39.3 Å². The third-order valence-electron chi connectivity index (χ3n) is 4.76. The molecule has 2 heterocycles. The van der Waals surface area contributed by atoms with Gasteiger partial charge in [-0.15, -0.1) is 11.3 Å². The van der Waals surface area contributed by atoms with E-state index in [1.54, 1.807) is 37.4 Å². The van der Waals surface area contributed by atoms with Crippen LogP contribution in [0, 0.1) is 18.6 Å². The lowest BCUT2D eigenvalue weighted by Gasteiger charge is -2.12.